The molecule has 1 heterocycles. The summed E-state index contributed by atoms with van der Waals surface area (Å²) in [6, 6.07) is 21.5. The number of aliphatic hydroxyl groups is 1. The van der Waals surface area contributed by atoms with E-state index in [2.05, 4.69) is 60.4 Å². The second-order valence-corrected chi connectivity index (χ2v) is 11.2. The molecule has 2 aromatic carbocycles. The Balaban J connectivity index is 1.44. The van der Waals surface area contributed by atoms with Crippen molar-refractivity contribution in [3.63, 3.8) is 0 Å². The Morgan fingerprint density at radius 2 is 1.89 bits per heavy atom. The van der Waals surface area contributed by atoms with E-state index in [0.29, 0.717) is 17.7 Å². The molecule has 3 aromatic rings. The maximum atomic E-state index is 11.4. The van der Waals surface area contributed by atoms with E-state index in [-0.39, 0.29) is 5.41 Å². The lowest BCUT2D eigenvalue weighted by molar-refractivity contribution is -0.0565. The minimum Gasteiger partial charge on any atom is -0.489 e. The molecule has 0 unspecified atom stereocenters. The van der Waals surface area contributed by atoms with Crippen LogP contribution in [0.15, 0.2) is 60.7 Å². The van der Waals surface area contributed by atoms with Gasteiger partial charge in [0.25, 0.3) is 0 Å². The Labute approximate surface area is 214 Å². The van der Waals surface area contributed by atoms with E-state index in [1.165, 1.54) is 16.7 Å². The molecule has 0 radical (unpaired) electrons. The van der Waals surface area contributed by atoms with Crippen LogP contribution >= 0.6 is 11.6 Å². The summed E-state index contributed by atoms with van der Waals surface area (Å²) < 4.78 is 6.19. The smallest absolute Gasteiger partial charge is 0.129 e. The number of aryl methyl sites for hydroxylation is 2. The predicted molar refractivity (Wildman–Crippen MR) is 142 cm³/mol. The van der Waals surface area contributed by atoms with Crippen molar-refractivity contribution in [1.29, 1.82) is 0 Å². The zero-order valence-electron chi connectivity index (χ0n) is 20.9. The van der Waals surface area contributed by atoms with Crippen molar-refractivity contribution < 1.29 is 9.84 Å². The fraction of sp³-hybridized carbons (Fsp3) is 0.452. The Bertz CT molecular complexity index is 1160. The van der Waals surface area contributed by atoms with Crippen LogP contribution in [0.1, 0.15) is 73.4 Å². The van der Waals surface area contributed by atoms with Gasteiger partial charge in [0.05, 0.1) is 5.60 Å². The first-order valence-corrected chi connectivity index (χ1v) is 13.4. The molecule has 35 heavy (non-hydrogen) atoms. The lowest BCUT2D eigenvalue weighted by Gasteiger charge is -2.53. The Kier molecular flexibility index (Phi) is 6.92. The van der Waals surface area contributed by atoms with Crippen LogP contribution in [0.4, 0.5) is 0 Å². The van der Waals surface area contributed by atoms with Crippen molar-refractivity contribution in [3.05, 3.63) is 93.8 Å². The van der Waals surface area contributed by atoms with Crippen LogP contribution in [0.5, 0.6) is 5.75 Å². The average Bonchev–Trinajstić information content (AvgIpc) is 2.83. The predicted octanol–water partition coefficient (Wildman–Crippen LogP) is 7.38. The van der Waals surface area contributed by atoms with Gasteiger partial charge in [-0.25, -0.2) is 4.98 Å². The molecule has 0 bridgehead atoms. The molecule has 5 rings (SSSR count). The van der Waals surface area contributed by atoms with Gasteiger partial charge in [-0.15, -0.1) is 0 Å². The van der Waals surface area contributed by atoms with Crippen molar-refractivity contribution in [3.8, 4) is 5.75 Å². The van der Waals surface area contributed by atoms with Crippen LogP contribution in [0.2, 0.25) is 5.15 Å². The standard InChI is InChI=1S/C31H36ClNO2/c1-3-13-30(34)14-15-31(19-23-7-5-4-6-8-23)26(20-30)10-9-25-18-27(11-12-28(25)31)35-21-24-16-22(2)33-29(32)17-24/h4-8,11-12,16-18,26,34H,3,9-10,13-15,19-21H2,1-2H3/t26-,30-,31+/m1/s1. The van der Waals surface area contributed by atoms with E-state index in [9.17, 15) is 5.11 Å². The average molecular weight is 490 g/mol. The monoisotopic (exact) mass is 489 g/mol. The van der Waals surface area contributed by atoms with Gasteiger partial charge in [0.15, 0.2) is 0 Å². The van der Waals surface area contributed by atoms with E-state index in [4.69, 9.17) is 16.3 Å². The molecule has 3 nitrogen and oxygen atoms in total. The normalized spacial score (nSPS) is 25.5. The molecule has 1 aromatic heterocycles. The number of benzene rings is 2. The Hall–Kier alpha value is -2.36. The van der Waals surface area contributed by atoms with Gasteiger partial charge >= 0.3 is 0 Å². The molecule has 0 amide bonds. The number of ether oxygens (including phenoxy) is 1. The van der Waals surface area contributed by atoms with Crippen molar-refractivity contribution >= 4 is 11.6 Å². The number of aromatic nitrogens is 1. The molecular weight excluding hydrogens is 454 g/mol. The lowest BCUT2D eigenvalue weighted by atomic mass is 9.52. The SMILES string of the molecule is CCC[C@@]1(O)CC[C@@]2(Cc3ccccc3)c3ccc(OCc4cc(C)nc(Cl)c4)cc3CC[C@@H]2C1. The van der Waals surface area contributed by atoms with Crippen LogP contribution in [0.25, 0.3) is 0 Å². The van der Waals surface area contributed by atoms with E-state index >= 15 is 0 Å². The number of pyridine rings is 1. The van der Waals surface area contributed by atoms with Gasteiger partial charge < -0.3 is 9.84 Å². The highest BCUT2D eigenvalue weighted by Crippen LogP contribution is 2.55. The first-order valence-electron chi connectivity index (χ1n) is 13.0. The van der Waals surface area contributed by atoms with E-state index in [1.54, 1.807) is 0 Å². The van der Waals surface area contributed by atoms with Gasteiger partial charge in [0.1, 0.15) is 17.5 Å². The van der Waals surface area contributed by atoms with E-state index in [0.717, 1.165) is 68.4 Å². The van der Waals surface area contributed by atoms with Crippen LogP contribution in [-0.4, -0.2) is 15.7 Å². The van der Waals surface area contributed by atoms with Crippen LogP contribution in [-0.2, 0) is 24.9 Å². The molecular formula is C31H36ClNO2. The summed E-state index contributed by atoms with van der Waals surface area (Å²) in [6.07, 6.45) is 7.95. The summed E-state index contributed by atoms with van der Waals surface area (Å²) in [5, 5.41) is 11.9. The second-order valence-electron chi connectivity index (χ2n) is 10.8. The quantitative estimate of drug-likeness (QED) is 0.352. The fourth-order valence-electron chi connectivity index (χ4n) is 6.76. The Morgan fingerprint density at radius 3 is 2.66 bits per heavy atom. The third kappa shape index (κ3) is 5.13. The van der Waals surface area contributed by atoms with Gasteiger partial charge in [-0.1, -0.05) is 61.3 Å². The largest absolute Gasteiger partial charge is 0.489 e. The number of halogens is 1. The second kappa shape index (κ2) is 9.95. The summed E-state index contributed by atoms with van der Waals surface area (Å²) in [5.74, 6) is 1.40. The lowest BCUT2D eigenvalue weighted by Crippen LogP contribution is -2.51. The molecule has 2 aliphatic rings. The zero-order valence-corrected chi connectivity index (χ0v) is 21.7. The summed E-state index contributed by atoms with van der Waals surface area (Å²) in [7, 11) is 0. The number of nitrogens with zero attached hydrogens (tertiary/aromatic N) is 1. The summed E-state index contributed by atoms with van der Waals surface area (Å²) in [5.41, 5.74) is 5.74. The van der Waals surface area contributed by atoms with Gasteiger partial charge in [0, 0.05) is 11.1 Å². The zero-order chi connectivity index (χ0) is 24.5. The highest BCUT2D eigenvalue weighted by Gasteiger charge is 2.51. The first-order chi connectivity index (χ1) is 16.9. The molecule has 0 aliphatic heterocycles. The van der Waals surface area contributed by atoms with Gasteiger partial charge in [-0.2, -0.15) is 0 Å². The first kappa shape index (κ1) is 24.3. The highest BCUT2D eigenvalue weighted by atomic mass is 35.5. The third-order valence-corrected chi connectivity index (χ3v) is 8.48. The van der Waals surface area contributed by atoms with Crippen molar-refractivity contribution in [2.75, 3.05) is 0 Å². The summed E-state index contributed by atoms with van der Waals surface area (Å²) in [4.78, 5) is 4.24. The minimum atomic E-state index is -0.510. The number of hydrogen-bond donors (Lipinski definition) is 1. The molecule has 1 N–H and O–H groups in total. The molecule has 2 aliphatic carbocycles. The molecule has 0 saturated heterocycles. The number of rotatable bonds is 7. The molecule has 184 valence electrons. The maximum absolute atomic E-state index is 11.4. The van der Waals surface area contributed by atoms with E-state index < -0.39 is 5.60 Å². The van der Waals surface area contributed by atoms with E-state index in [1.807, 2.05) is 19.1 Å². The maximum Gasteiger partial charge on any atom is 0.129 e. The van der Waals surface area contributed by atoms with Crippen molar-refractivity contribution in [2.45, 2.75) is 82.8 Å². The van der Waals surface area contributed by atoms with Gasteiger partial charge in [-0.3, -0.25) is 0 Å². The minimum absolute atomic E-state index is 0.0726. The number of fused-ring (bicyclic) bond motifs is 3. The molecule has 1 saturated carbocycles. The summed E-state index contributed by atoms with van der Waals surface area (Å²) in [6.45, 7) is 4.61. The van der Waals surface area contributed by atoms with Crippen LogP contribution in [0, 0.1) is 12.8 Å². The fourth-order valence-corrected chi connectivity index (χ4v) is 7.03. The molecule has 1 fully saturated rings. The van der Waals surface area contributed by atoms with Gasteiger partial charge in [-0.05, 0) is 104 Å². The van der Waals surface area contributed by atoms with Gasteiger partial charge in [0.2, 0.25) is 0 Å². The van der Waals surface area contributed by atoms with Crippen LogP contribution in [0.3, 0.4) is 0 Å². The van der Waals surface area contributed by atoms with Crippen molar-refractivity contribution in [2.24, 2.45) is 5.92 Å². The molecule has 4 heteroatoms. The topological polar surface area (TPSA) is 42.4 Å². The number of hydrogen-bond acceptors (Lipinski definition) is 3. The van der Waals surface area contributed by atoms with Crippen LogP contribution < -0.4 is 4.74 Å². The molecule has 3 atom stereocenters. The Morgan fingerprint density at radius 1 is 1.06 bits per heavy atom. The third-order valence-electron chi connectivity index (χ3n) is 8.28. The molecule has 0 spiro atoms. The summed E-state index contributed by atoms with van der Waals surface area (Å²) >= 11 is 6.13. The van der Waals surface area contributed by atoms with Crippen molar-refractivity contribution in [1.82, 2.24) is 4.98 Å². The highest BCUT2D eigenvalue weighted by molar-refractivity contribution is 6.29.